The number of hydrogen-bond donors (Lipinski definition) is 0. The molecule has 0 atom stereocenters. The molecule has 0 aliphatic heterocycles. The summed E-state index contributed by atoms with van der Waals surface area (Å²) in [5.74, 6) is -0.460. The molecule has 0 N–H and O–H groups in total. The highest BCUT2D eigenvalue weighted by Crippen LogP contribution is 2.30. The Balaban J connectivity index is 2.31. The Morgan fingerprint density at radius 1 is 1.50 bits per heavy atom. The van der Waals surface area contributed by atoms with Crippen molar-refractivity contribution in [2.24, 2.45) is 0 Å². The number of carbonyl (C=O) groups is 1. The summed E-state index contributed by atoms with van der Waals surface area (Å²) in [5, 5.41) is 0.972. The summed E-state index contributed by atoms with van der Waals surface area (Å²) in [7, 11) is 5.96. The molecule has 0 aliphatic carbocycles. The molecular weight excluding hydrogens is 443 g/mol. The number of hydrogen-bond acceptors (Lipinski definition) is 5. The van der Waals surface area contributed by atoms with E-state index >= 15 is 0 Å². The van der Waals surface area contributed by atoms with Gasteiger partial charge in [0, 0.05) is 28.3 Å². The van der Waals surface area contributed by atoms with Gasteiger partial charge in [-0.3, -0.25) is 14.9 Å². The lowest BCUT2D eigenvalue weighted by Crippen LogP contribution is -2.40. The van der Waals surface area contributed by atoms with Gasteiger partial charge in [0.05, 0.1) is 6.20 Å². The normalized spacial score (nSPS) is 11.4. The monoisotopic (exact) mass is 459 g/mol. The van der Waals surface area contributed by atoms with Crippen molar-refractivity contribution >= 4 is 58.5 Å². The van der Waals surface area contributed by atoms with E-state index in [0.29, 0.717) is 26.5 Å². The number of halogens is 2. The highest BCUT2D eigenvalue weighted by molar-refractivity contribution is 14.1. The number of aromatic nitrogens is 2. The van der Waals surface area contributed by atoms with Crippen molar-refractivity contribution in [1.82, 2.24) is 9.97 Å². The van der Waals surface area contributed by atoms with Crippen LogP contribution in [0.5, 0.6) is 0 Å². The third-order valence-electron chi connectivity index (χ3n) is 3.05. The largest absolute Gasteiger partial charge is 0.442 e. The van der Waals surface area contributed by atoms with Gasteiger partial charge in [-0.2, -0.15) is 0 Å². The van der Waals surface area contributed by atoms with E-state index in [1.807, 2.05) is 20.8 Å². The molecule has 0 saturated carbocycles. The van der Waals surface area contributed by atoms with Gasteiger partial charge in [-0.1, -0.05) is 33.9 Å². The molecule has 1 amide bonds. The van der Waals surface area contributed by atoms with Crippen molar-refractivity contribution < 1.29 is 13.9 Å². The highest BCUT2D eigenvalue weighted by Gasteiger charge is 2.27. The fourth-order valence-corrected chi connectivity index (χ4v) is 3.02. The second-order valence-electron chi connectivity index (χ2n) is 5.61. The molecule has 2 rings (SSSR count). The summed E-state index contributed by atoms with van der Waals surface area (Å²) >= 11 is 3.36. The van der Waals surface area contributed by atoms with Gasteiger partial charge >= 0.3 is 6.09 Å². The smallest absolute Gasteiger partial charge is 0.415 e. The molecule has 2 heterocycles. The van der Waals surface area contributed by atoms with Crippen LogP contribution >= 0.6 is 33.9 Å². The van der Waals surface area contributed by atoms with Gasteiger partial charge in [0.1, 0.15) is 29.3 Å². The summed E-state index contributed by atoms with van der Waals surface area (Å²) in [6, 6.07) is 1.32. The van der Waals surface area contributed by atoms with Crippen LogP contribution in [0.15, 0.2) is 18.5 Å². The van der Waals surface area contributed by atoms with Gasteiger partial charge < -0.3 is 4.74 Å². The topological polar surface area (TPSA) is 55.3 Å². The molecule has 0 spiro atoms. The quantitative estimate of drug-likeness (QED) is 0.392. The zero-order chi connectivity index (χ0) is 17.9. The number of pyridine rings is 1. The molecular formula is C15H16BFIN3O2S. The maximum Gasteiger partial charge on any atom is 0.415 e. The third kappa shape index (κ3) is 4.44. The average molecular weight is 459 g/mol. The number of carbonyl (C=O) groups excluding carboxylic acids is 1. The minimum Gasteiger partial charge on any atom is -0.442 e. The van der Waals surface area contributed by atoms with Gasteiger partial charge in [-0.25, -0.2) is 9.18 Å². The first-order chi connectivity index (χ1) is 11.3. The van der Waals surface area contributed by atoms with Crippen molar-refractivity contribution in [1.29, 1.82) is 0 Å². The van der Waals surface area contributed by atoms with Crippen molar-refractivity contribution in [3.63, 3.8) is 0 Å². The van der Waals surface area contributed by atoms with Crippen LogP contribution in [-0.4, -0.2) is 40.5 Å². The van der Waals surface area contributed by atoms with E-state index in [2.05, 4.69) is 32.6 Å². The SMILES string of the molecule is [B]c1nc(-c2cncc(F)c2)sc1N(CC)C(=O)OC(C)(C)CI. The Morgan fingerprint density at radius 3 is 2.79 bits per heavy atom. The molecule has 2 aromatic heterocycles. The van der Waals surface area contributed by atoms with Gasteiger partial charge in [0.2, 0.25) is 0 Å². The second-order valence-corrected chi connectivity index (χ2v) is 7.35. The van der Waals surface area contributed by atoms with Crippen LogP contribution in [0.25, 0.3) is 10.6 Å². The number of amides is 1. The van der Waals surface area contributed by atoms with Gasteiger partial charge in [0.25, 0.3) is 0 Å². The van der Waals surface area contributed by atoms with Crippen molar-refractivity contribution in [2.75, 3.05) is 15.9 Å². The summed E-state index contributed by atoms with van der Waals surface area (Å²) in [4.78, 5) is 21.9. The molecule has 126 valence electrons. The molecule has 24 heavy (non-hydrogen) atoms. The predicted octanol–water partition coefficient (Wildman–Crippen LogP) is 3.31. The number of nitrogens with zero attached hydrogens (tertiary/aromatic N) is 3. The molecule has 0 saturated heterocycles. The highest BCUT2D eigenvalue weighted by atomic mass is 127. The standard InChI is InChI=1S/C15H16BFIN3O2S/c1-4-21(14(22)23-15(2,3)8-18)13-11(16)20-12(24-13)9-5-10(17)7-19-6-9/h5-7H,4,8H2,1-3H3. The second kappa shape index (κ2) is 7.77. The fourth-order valence-electron chi connectivity index (χ4n) is 1.84. The van der Waals surface area contributed by atoms with Crippen LogP contribution in [0.2, 0.25) is 0 Å². The average Bonchev–Trinajstić information content (AvgIpc) is 2.89. The lowest BCUT2D eigenvalue weighted by Gasteiger charge is -2.27. The minimum absolute atomic E-state index is 0.199. The van der Waals surface area contributed by atoms with Crippen LogP contribution in [-0.2, 0) is 4.74 Å². The van der Waals surface area contributed by atoms with Crippen LogP contribution in [0.3, 0.4) is 0 Å². The Kier molecular flexibility index (Phi) is 6.19. The Hall–Kier alpha value is -1.23. The first-order valence-corrected chi connectivity index (χ1v) is 9.55. The van der Waals surface area contributed by atoms with E-state index in [1.165, 1.54) is 28.5 Å². The molecule has 0 unspecified atom stereocenters. The molecule has 2 radical (unpaired) electrons. The van der Waals surface area contributed by atoms with Crippen LogP contribution in [0, 0.1) is 5.82 Å². The zero-order valence-corrected chi connectivity index (χ0v) is 16.5. The number of thiazole rings is 1. The van der Waals surface area contributed by atoms with E-state index in [4.69, 9.17) is 12.6 Å². The molecule has 0 bridgehead atoms. The van der Waals surface area contributed by atoms with Gasteiger partial charge in [-0.15, -0.1) is 0 Å². The zero-order valence-electron chi connectivity index (χ0n) is 13.5. The molecule has 2 aromatic rings. The lowest BCUT2D eigenvalue weighted by atomic mass is 10.1. The van der Waals surface area contributed by atoms with Gasteiger partial charge in [0.15, 0.2) is 0 Å². The molecule has 0 aromatic carbocycles. The Bertz CT molecular complexity index is 741. The van der Waals surface area contributed by atoms with E-state index in [0.717, 1.165) is 6.20 Å². The van der Waals surface area contributed by atoms with Crippen LogP contribution in [0.1, 0.15) is 20.8 Å². The summed E-state index contributed by atoms with van der Waals surface area (Å²) < 4.78 is 19.5. The van der Waals surface area contributed by atoms with E-state index in [-0.39, 0.29) is 5.59 Å². The predicted molar refractivity (Wildman–Crippen MR) is 103 cm³/mol. The lowest BCUT2D eigenvalue weighted by molar-refractivity contribution is 0.0638. The number of ether oxygens (including phenoxy) is 1. The first kappa shape index (κ1) is 19.1. The number of rotatable bonds is 5. The molecule has 9 heteroatoms. The Morgan fingerprint density at radius 2 is 2.21 bits per heavy atom. The molecule has 0 aliphatic rings. The van der Waals surface area contributed by atoms with Crippen LogP contribution < -0.4 is 10.5 Å². The van der Waals surface area contributed by atoms with Crippen molar-refractivity contribution in [3.8, 4) is 10.6 Å². The van der Waals surface area contributed by atoms with E-state index in [1.54, 1.807) is 0 Å². The van der Waals surface area contributed by atoms with Crippen molar-refractivity contribution in [3.05, 3.63) is 24.3 Å². The molecule has 5 nitrogen and oxygen atoms in total. The maximum atomic E-state index is 13.3. The summed E-state index contributed by atoms with van der Waals surface area (Å²) in [6.45, 7) is 5.88. The number of anilines is 1. The fraction of sp³-hybridized carbons (Fsp3) is 0.400. The van der Waals surface area contributed by atoms with E-state index < -0.39 is 17.5 Å². The Labute approximate surface area is 159 Å². The minimum atomic E-state index is -0.584. The summed E-state index contributed by atoms with van der Waals surface area (Å²) in [5.41, 5.74) is 0.125. The first-order valence-electron chi connectivity index (χ1n) is 7.21. The maximum absolute atomic E-state index is 13.3. The van der Waals surface area contributed by atoms with Crippen LogP contribution in [0.4, 0.5) is 14.2 Å². The molecule has 0 fully saturated rings. The van der Waals surface area contributed by atoms with Gasteiger partial charge in [-0.05, 0) is 26.8 Å². The van der Waals surface area contributed by atoms with E-state index in [9.17, 15) is 9.18 Å². The third-order valence-corrected chi connectivity index (χ3v) is 6.03. The summed E-state index contributed by atoms with van der Waals surface area (Å²) in [6.07, 6.45) is 2.13. The van der Waals surface area contributed by atoms with Crippen molar-refractivity contribution in [2.45, 2.75) is 26.4 Å². The number of alkyl halides is 1.